The van der Waals surface area contributed by atoms with Gasteiger partial charge in [0, 0.05) is 0 Å². The molecule has 0 rings (SSSR count). The van der Waals surface area contributed by atoms with Gasteiger partial charge in [0.15, 0.2) is 0 Å². The summed E-state index contributed by atoms with van der Waals surface area (Å²) in [6.45, 7) is 3.68. The third-order valence-electron chi connectivity index (χ3n) is 5.01. The molecule has 0 saturated heterocycles. The predicted molar refractivity (Wildman–Crippen MR) is 122 cm³/mol. The summed E-state index contributed by atoms with van der Waals surface area (Å²) >= 11 is 0. The van der Waals surface area contributed by atoms with Gasteiger partial charge in [-0.1, -0.05) is 76.2 Å². The molecule has 0 aromatic carbocycles. The van der Waals surface area contributed by atoms with Gasteiger partial charge in [0.2, 0.25) is 0 Å². The largest absolute Gasteiger partial charge is 0.480 e. The van der Waals surface area contributed by atoms with Gasteiger partial charge in [-0.25, -0.2) is 0 Å². The van der Waals surface area contributed by atoms with Crippen molar-refractivity contribution in [2.45, 2.75) is 109 Å². The summed E-state index contributed by atoms with van der Waals surface area (Å²) < 4.78 is 0. The fourth-order valence-electron chi connectivity index (χ4n) is 3.20. The van der Waals surface area contributed by atoms with Crippen LogP contribution in [-0.2, 0) is 4.79 Å². The van der Waals surface area contributed by atoms with E-state index < -0.39 is 12.0 Å². The van der Waals surface area contributed by atoms with Crippen LogP contribution < -0.4 is 11.1 Å². The Kier molecular flexibility index (Phi) is 21.3. The van der Waals surface area contributed by atoms with E-state index in [9.17, 15) is 9.90 Å². The Bertz CT molecular complexity index is 394. The highest BCUT2D eigenvalue weighted by molar-refractivity contribution is 5.73. The van der Waals surface area contributed by atoms with Crippen molar-refractivity contribution in [3.63, 3.8) is 0 Å². The highest BCUT2D eigenvalue weighted by Gasteiger charge is 2.15. The quantitative estimate of drug-likeness (QED) is 0.165. The molecule has 0 aliphatic heterocycles. The van der Waals surface area contributed by atoms with Crippen molar-refractivity contribution in [1.29, 1.82) is 0 Å². The maximum Gasteiger partial charge on any atom is 0.320 e. The molecule has 0 unspecified atom stereocenters. The van der Waals surface area contributed by atoms with Gasteiger partial charge in [-0.05, 0) is 64.5 Å². The number of aliphatic carboxylic acids is 1. The highest BCUT2D eigenvalue weighted by atomic mass is 16.4. The van der Waals surface area contributed by atoms with Crippen LogP contribution in [0.5, 0.6) is 0 Å². The van der Waals surface area contributed by atoms with Gasteiger partial charge in [-0.3, -0.25) is 4.79 Å². The minimum atomic E-state index is -0.739. The average molecular weight is 395 g/mol. The van der Waals surface area contributed by atoms with E-state index in [-0.39, 0.29) is 0 Å². The van der Waals surface area contributed by atoms with Crippen LogP contribution in [0.4, 0.5) is 0 Å². The molecular weight excluding hydrogens is 348 g/mol. The molecule has 0 radical (unpaired) electrons. The van der Waals surface area contributed by atoms with Crippen molar-refractivity contribution in [2.75, 3.05) is 13.1 Å². The zero-order chi connectivity index (χ0) is 20.7. The lowest BCUT2D eigenvalue weighted by molar-refractivity contribution is -0.139. The summed E-state index contributed by atoms with van der Waals surface area (Å²) in [6.07, 6.45) is 26.4. The Labute approximate surface area is 174 Å². The summed E-state index contributed by atoms with van der Waals surface area (Å²) in [6, 6.07) is -0.412. The van der Waals surface area contributed by atoms with Crippen molar-refractivity contribution in [3.05, 3.63) is 24.3 Å². The number of nitrogens with one attached hydrogen (secondary N) is 1. The van der Waals surface area contributed by atoms with Crippen LogP contribution in [0.3, 0.4) is 0 Å². The van der Waals surface area contributed by atoms with Crippen LogP contribution in [0, 0.1) is 0 Å². The number of nitrogens with two attached hydrogens (primary N) is 1. The van der Waals surface area contributed by atoms with Crippen LogP contribution in [-0.4, -0.2) is 30.2 Å². The van der Waals surface area contributed by atoms with Crippen molar-refractivity contribution in [1.82, 2.24) is 5.32 Å². The van der Waals surface area contributed by atoms with E-state index in [4.69, 9.17) is 5.73 Å². The van der Waals surface area contributed by atoms with E-state index in [1.807, 2.05) is 0 Å². The molecular formula is C24H46N2O2. The smallest absolute Gasteiger partial charge is 0.320 e. The maximum absolute atomic E-state index is 11.2. The lowest BCUT2D eigenvalue weighted by Gasteiger charge is -2.14. The molecule has 0 saturated carbocycles. The number of carboxylic acid groups (broad SMARTS) is 1. The van der Waals surface area contributed by atoms with Crippen LogP contribution in [0.15, 0.2) is 24.3 Å². The molecule has 1 atom stereocenters. The van der Waals surface area contributed by atoms with Crippen molar-refractivity contribution < 1.29 is 9.90 Å². The molecule has 0 bridgehead atoms. The second-order valence-electron chi connectivity index (χ2n) is 7.71. The Hall–Kier alpha value is -1.13. The average Bonchev–Trinajstić information content (AvgIpc) is 2.68. The van der Waals surface area contributed by atoms with Gasteiger partial charge >= 0.3 is 5.97 Å². The standard InChI is InChI=1S/C24H46N2O2/c1-2-3-4-5-6-7-8-9-10-11-12-13-14-15-16-19-22-26-23(24(27)28)20-17-18-21-25/h6-7,9-10,23,26H,2-5,8,11-22,25H2,1H3,(H,27,28)/b7-6-,10-9+/t23-/m0/s1. The van der Waals surface area contributed by atoms with Gasteiger partial charge in [-0.2, -0.15) is 0 Å². The Morgan fingerprint density at radius 1 is 0.857 bits per heavy atom. The molecule has 0 fully saturated rings. The molecule has 28 heavy (non-hydrogen) atoms. The fourth-order valence-corrected chi connectivity index (χ4v) is 3.20. The number of allylic oxidation sites excluding steroid dienone is 4. The minimum absolute atomic E-state index is 0.412. The third-order valence-corrected chi connectivity index (χ3v) is 5.01. The monoisotopic (exact) mass is 394 g/mol. The number of hydrogen-bond donors (Lipinski definition) is 3. The first kappa shape index (κ1) is 26.9. The number of rotatable bonds is 21. The van der Waals surface area contributed by atoms with Crippen molar-refractivity contribution in [2.24, 2.45) is 5.73 Å². The number of carboxylic acids is 1. The van der Waals surface area contributed by atoms with Gasteiger partial charge in [0.05, 0.1) is 0 Å². The summed E-state index contributed by atoms with van der Waals surface area (Å²) in [5, 5.41) is 12.4. The molecule has 4 N–H and O–H groups in total. The first-order valence-electron chi connectivity index (χ1n) is 11.7. The lowest BCUT2D eigenvalue weighted by Crippen LogP contribution is -2.37. The topological polar surface area (TPSA) is 75.3 Å². The van der Waals surface area contributed by atoms with E-state index >= 15 is 0 Å². The van der Waals surface area contributed by atoms with Crippen LogP contribution in [0.25, 0.3) is 0 Å². The zero-order valence-electron chi connectivity index (χ0n) is 18.3. The van der Waals surface area contributed by atoms with Gasteiger partial charge in [0.25, 0.3) is 0 Å². The zero-order valence-corrected chi connectivity index (χ0v) is 18.3. The van der Waals surface area contributed by atoms with Crippen LogP contribution >= 0.6 is 0 Å². The molecule has 4 heteroatoms. The molecule has 0 amide bonds. The SMILES string of the molecule is CCCCC/C=C\C/C=C/CCCCCCCCN[C@@H](CCCCN)C(=O)O. The van der Waals surface area contributed by atoms with Gasteiger partial charge in [-0.15, -0.1) is 0 Å². The molecule has 0 aromatic heterocycles. The Morgan fingerprint density at radius 3 is 2.07 bits per heavy atom. The summed E-state index contributed by atoms with van der Waals surface area (Å²) in [7, 11) is 0. The van der Waals surface area contributed by atoms with Crippen LogP contribution in [0.1, 0.15) is 103 Å². The first-order chi connectivity index (χ1) is 13.7. The maximum atomic E-state index is 11.2. The lowest BCUT2D eigenvalue weighted by atomic mass is 10.1. The molecule has 0 spiro atoms. The molecule has 164 valence electrons. The van der Waals surface area contributed by atoms with Gasteiger partial charge < -0.3 is 16.2 Å². The summed E-state index contributed by atoms with van der Waals surface area (Å²) in [5.41, 5.74) is 5.46. The predicted octanol–water partition coefficient (Wildman–Crippen LogP) is 5.97. The van der Waals surface area contributed by atoms with Crippen LogP contribution in [0.2, 0.25) is 0 Å². The molecule has 0 heterocycles. The highest BCUT2D eigenvalue weighted by Crippen LogP contribution is 2.08. The van der Waals surface area contributed by atoms with E-state index in [2.05, 4.69) is 36.5 Å². The second kappa shape index (κ2) is 22.2. The van der Waals surface area contributed by atoms with Crippen molar-refractivity contribution >= 4 is 5.97 Å². The summed E-state index contributed by atoms with van der Waals surface area (Å²) in [5.74, 6) is -0.739. The molecule has 0 aliphatic carbocycles. The third kappa shape index (κ3) is 19.6. The normalized spacial score (nSPS) is 12.9. The van der Waals surface area contributed by atoms with E-state index in [0.29, 0.717) is 13.0 Å². The molecule has 0 aliphatic rings. The summed E-state index contributed by atoms with van der Waals surface area (Å²) in [4.78, 5) is 11.2. The van der Waals surface area contributed by atoms with E-state index in [1.54, 1.807) is 0 Å². The second-order valence-corrected chi connectivity index (χ2v) is 7.71. The van der Waals surface area contributed by atoms with Gasteiger partial charge in [0.1, 0.15) is 6.04 Å². The molecule has 4 nitrogen and oxygen atoms in total. The minimum Gasteiger partial charge on any atom is -0.480 e. The fraction of sp³-hybridized carbons (Fsp3) is 0.792. The van der Waals surface area contributed by atoms with Crippen molar-refractivity contribution in [3.8, 4) is 0 Å². The number of unbranched alkanes of at least 4 members (excludes halogenated alkanes) is 10. The number of carbonyl (C=O) groups is 1. The Balaban J connectivity index is 3.40. The Morgan fingerprint density at radius 2 is 1.46 bits per heavy atom. The first-order valence-corrected chi connectivity index (χ1v) is 11.7. The van der Waals surface area contributed by atoms with E-state index in [1.165, 1.54) is 64.2 Å². The number of hydrogen-bond acceptors (Lipinski definition) is 3. The van der Waals surface area contributed by atoms with E-state index in [0.717, 1.165) is 32.2 Å². The molecule has 0 aromatic rings.